The number of aliphatic hydroxyl groups excluding tert-OH is 1. The van der Waals surface area contributed by atoms with E-state index in [4.69, 9.17) is 0 Å². The maximum absolute atomic E-state index is 12.2. The van der Waals surface area contributed by atoms with E-state index in [0.717, 1.165) is 0 Å². The van der Waals surface area contributed by atoms with Gasteiger partial charge in [0, 0.05) is 11.9 Å². The highest BCUT2D eigenvalue weighted by molar-refractivity contribution is 9.10. The monoisotopic (exact) mass is 367 g/mol. The second-order valence-electron chi connectivity index (χ2n) is 3.91. The summed E-state index contributed by atoms with van der Waals surface area (Å²) in [5.74, 6) is 0. The van der Waals surface area contributed by atoms with Crippen molar-refractivity contribution in [3.63, 3.8) is 0 Å². The van der Waals surface area contributed by atoms with Crippen LogP contribution in [0.3, 0.4) is 0 Å². The Hall–Kier alpha value is -1.06. The number of aromatic nitrogens is 3. The molecule has 1 unspecified atom stereocenters. The molecule has 0 aliphatic heterocycles. The van der Waals surface area contributed by atoms with Gasteiger partial charge in [-0.2, -0.15) is 13.2 Å². The Balaban J connectivity index is 2.22. The Morgan fingerprint density at radius 1 is 1.30 bits per heavy atom. The lowest BCUT2D eigenvalue weighted by atomic mass is 10.1. The molecule has 0 aliphatic carbocycles. The molecule has 0 fully saturated rings. The topological polar surface area (TPSA) is 50.9 Å². The summed E-state index contributed by atoms with van der Waals surface area (Å²) in [6.07, 6.45) is -1.02. The smallest absolute Gasteiger partial charge is 0.382 e. The summed E-state index contributed by atoms with van der Waals surface area (Å²) >= 11 is 2.97. The average molecular weight is 368 g/mol. The highest BCUT2D eigenvalue weighted by Crippen LogP contribution is 2.37. The molecule has 20 heavy (non-hydrogen) atoms. The number of alkyl halides is 3. The molecule has 0 saturated carbocycles. The van der Waals surface area contributed by atoms with Crippen molar-refractivity contribution < 1.29 is 18.3 Å². The number of hydrogen-bond donors (Lipinski definition) is 1. The number of aryl methyl sites for hydroxylation is 1. The maximum Gasteiger partial charge on any atom is 0.446 e. The highest BCUT2D eigenvalue weighted by atomic mass is 79.9. The Bertz CT molecular complexity index is 580. The third-order valence-electron chi connectivity index (χ3n) is 2.52. The van der Waals surface area contributed by atoms with Gasteiger partial charge in [0.05, 0.1) is 0 Å². The summed E-state index contributed by atoms with van der Waals surface area (Å²) in [5, 5.41) is 17.7. The van der Waals surface area contributed by atoms with E-state index in [1.165, 1.54) is 28.9 Å². The van der Waals surface area contributed by atoms with Crippen molar-refractivity contribution in [1.82, 2.24) is 15.0 Å². The minimum absolute atomic E-state index is 0.0654. The summed E-state index contributed by atoms with van der Waals surface area (Å²) in [6, 6.07) is 5.51. The number of thioether (sulfide) groups is 1. The number of benzene rings is 1. The first kappa shape index (κ1) is 15.3. The Kier molecular flexibility index (Phi) is 4.40. The fourth-order valence-electron chi connectivity index (χ4n) is 1.64. The van der Waals surface area contributed by atoms with E-state index in [9.17, 15) is 18.3 Å². The van der Waals surface area contributed by atoms with E-state index >= 15 is 0 Å². The van der Waals surface area contributed by atoms with E-state index < -0.39 is 11.6 Å². The van der Waals surface area contributed by atoms with Crippen molar-refractivity contribution >= 4 is 27.7 Å². The molecule has 0 amide bonds. The second kappa shape index (κ2) is 5.74. The molecule has 0 saturated heterocycles. The molecule has 1 aromatic heterocycles. The van der Waals surface area contributed by atoms with Crippen molar-refractivity contribution in [2.75, 3.05) is 0 Å². The van der Waals surface area contributed by atoms with Crippen LogP contribution in [0.2, 0.25) is 0 Å². The van der Waals surface area contributed by atoms with E-state index in [-0.39, 0.29) is 16.7 Å². The minimum atomic E-state index is -4.32. The lowest BCUT2D eigenvalue weighted by Crippen LogP contribution is -2.07. The van der Waals surface area contributed by atoms with Crippen molar-refractivity contribution in [2.24, 2.45) is 7.05 Å². The first-order valence-corrected chi connectivity index (χ1v) is 6.98. The van der Waals surface area contributed by atoms with Crippen LogP contribution in [-0.2, 0) is 7.05 Å². The number of nitrogens with zero attached hydrogens (tertiary/aromatic N) is 3. The van der Waals surface area contributed by atoms with E-state index in [2.05, 4.69) is 26.2 Å². The van der Waals surface area contributed by atoms with Crippen molar-refractivity contribution in [3.8, 4) is 0 Å². The summed E-state index contributed by atoms with van der Waals surface area (Å²) < 4.78 is 38.4. The van der Waals surface area contributed by atoms with Crippen molar-refractivity contribution in [1.29, 1.82) is 0 Å². The SMILES string of the molecule is Cn1nnc(Br)c1C(O)c1ccc(SC(F)(F)F)cc1. The van der Waals surface area contributed by atoms with Gasteiger partial charge in [0.25, 0.3) is 0 Å². The van der Waals surface area contributed by atoms with Crippen molar-refractivity contribution in [2.45, 2.75) is 16.5 Å². The number of rotatable bonds is 3. The van der Waals surface area contributed by atoms with Crippen LogP contribution in [0.25, 0.3) is 0 Å². The zero-order chi connectivity index (χ0) is 14.9. The predicted molar refractivity (Wildman–Crippen MR) is 71.1 cm³/mol. The highest BCUT2D eigenvalue weighted by Gasteiger charge is 2.29. The summed E-state index contributed by atoms with van der Waals surface area (Å²) in [4.78, 5) is 0.0654. The third-order valence-corrected chi connectivity index (χ3v) is 3.82. The van der Waals surface area contributed by atoms with Crippen LogP contribution in [0, 0.1) is 0 Å². The summed E-state index contributed by atoms with van der Waals surface area (Å²) in [7, 11) is 1.62. The molecule has 0 aliphatic rings. The van der Waals surface area contributed by atoms with Gasteiger partial charge in [-0.25, -0.2) is 4.68 Å². The van der Waals surface area contributed by atoms with E-state index in [1.807, 2.05) is 0 Å². The molecule has 4 nitrogen and oxygen atoms in total. The van der Waals surface area contributed by atoms with Crippen molar-refractivity contribution in [3.05, 3.63) is 40.1 Å². The van der Waals surface area contributed by atoms with Crippen LogP contribution in [0.1, 0.15) is 17.4 Å². The van der Waals surface area contributed by atoms with Gasteiger partial charge in [-0.3, -0.25) is 0 Å². The normalized spacial score (nSPS) is 13.5. The molecule has 0 spiro atoms. The Morgan fingerprint density at radius 2 is 1.90 bits per heavy atom. The van der Waals surface area contributed by atoms with Gasteiger partial charge in [-0.1, -0.05) is 17.3 Å². The maximum atomic E-state index is 12.2. The van der Waals surface area contributed by atoms with Crippen LogP contribution in [0.4, 0.5) is 13.2 Å². The molecule has 1 N–H and O–H groups in total. The van der Waals surface area contributed by atoms with Crippen LogP contribution >= 0.6 is 27.7 Å². The van der Waals surface area contributed by atoms with Gasteiger partial charge in [0.15, 0.2) is 4.60 Å². The second-order valence-corrected chi connectivity index (χ2v) is 5.80. The largest absolute Gasteiger partial charge is 0.446 e. The Morgan fingerprint density at radius 3 is 2.35 bits per heavy atom. The molecule has 2 rings (SSSR count). The van der Waals surface area contributed by atoms with Gasteiger partial charge in [-0.05, 0) is 45.4 Å². The lowest BCUT2D eigenvalue weighted by Gasteiger charge is -2.12. The van der Waals surface area contributed by atoms with Crippen LogP contribution in [0.5, 0.6) is 0 Å². The van der Waals surface area contributed by atoms with Gasteiger partial charge in [0.1, 0.15) is 11.8 Å². The molecule has 1 heterocycles. The number of halogens is 4. The van der Waals surface area contributed by atoms with E-state index in [0.29, 0.717) is 15.9 Å². The summed E-state index contributed by atoms with van der Waals surface area (Å²) in [5.41, 5.74) is -3.43. The van der Waals surface area contributed by atoms with Gasteiger partial charge in [-0.15, -0.1) is 5.10 Å². The number of hydrogen-bond acceptors (Lipinski definition) is 4. The molecule has 1 atom stereocenters. The zero-order valence-electron chi connectivity index (χ0n) is 10.1. The molecular weight excluding hydrogens is 359 g/mol. The molecule has 0 radical (unpaired) electrons. The third kappa shape index (κ3) is 3.53. The summed E-state index contributed by atoms with van der Waals surface area (Å²) in [6.45, 7) is 0. The molecule has 0 bridgehead atoms. The van der Waals surface area contributed by atoms with E-state index in [1.54, 1.807) is 7.05 Å². The molecule has 2 aromatic rings. The van der Waals surface area contributed by atoms with Gasteiger partial charge < -0.3 is 5.11 Å². The van der Waals surface area contributed by atoms with Crippen LogP contribution in [-0.4, -0.2) is 25.6 Å². The quantitative estimate of drug-likeness (QED) is 0.845. The zero-order valence-corrected chi connectivity index (χ0v) is 12.5. The first-order valence-electron chi connectivity index (χ1n) is 5.37. The van der Waals surface area contributed by atoms with Gasteiger partial charge >= 0.3 is 5.51 Å². The van der Waals surface area contributed by atoms with Crippen LogP contribution in [0.15, 0.2) is 33.8 Å². The lowest BCUT2D eigenvalue weighted by molar-refractivity contribution is -0.0328. The predicted octanol–water partition coefficient (Wildman–Crippen LogP) is 3.27. The molecular formula is C11H9BrF3N3OS. The minimum Gasteiger partial charge on any atom is -0.382 e. The standard InChI is InChI=1S/C11H9BrF3N3OS/c1-18-8(10(12)16-17-18)9(19)6-2-4-7(5-3-6)20-11(13,14)15/h2-5,9,19H,1H3. The number of aliphatic hydroxyl groups is 1. The fourth-order valence-corrected chi connectivity index (χ4v) is 2.72. The first-order chi connectivity index (χ1) is 9.28. The molecule has 1 aromatic carbocycles. The fraction of sp³-hybridized carbons (Fsp3) is 0.273. The van der Waals surface area contributed by atoms with Gasteiger partial charge in [0.2, 0.25) is 0 Å². The van der Waals surface area contributed by atoms with Crippen LogP contribution < -0.4 is 0 Å². The average Bonchev–Trinajstić information content (AvgIpc) is 2.67. The molecule has 9 heteroatoms. The Labute approximate surface area is 125 Å². The molecule has 108 valence electrons.